The number of halogens is 2. The van der Waals surface area contributed by atoms with E-state index in [0.29, 0.717) is 10.3 Å². The summed E-state index contributed by atoms with van der Waals surface area (Å²) in [6.45, 7) is 0. The van der Waals surface area contributed by atoms with Gasteiger partial charge in [0.15, 0.2) is 0 Å². The van der Waals surface area contributed by atoms with Crippen molar-refractivity contribution in [3.8, 4) is 0 Å². The van der Waals surface area contributed by atoms with Crippen molar-refractivity contribution < 1.29 is 0 Å². The maximum absolute atomic E-state index is 5.94. The second-order valence-electron chi connectivity index (χ2n) is 2.67. The van der Waals surface area contributed by atoms with Gasteiger partial charge >= 0.3 is 0 Å². The standard InChI is InChI=1S/C9H6Cl2N2S2/c10-7-2-1-6(8(11)13-7)5-15-9-12-3-4-14-9/h1-4H,5H2. The Labute approximate surface area is 106 Å². The normalized spacial score (nSPS) is 10.5. The fourth-order valence-corrected chi connectivity index (χ4v) is 3.08. The zero-order chi connectivity index (χ0) is 10.7. The van der Waals surface area contributed by atoms with Crippen LogP contribution in [0.25, 0.3) is 0 Å². The molecule has 2 aromatic rings. The third kappa shape index (κ3) is 3.08. The van der Waals surface area contributed by atoms with Gasteiger partial charge in [0.05, 0.1) is 0 Å². The smallest absolute Gasteiger partial charge is 0.150 e. The first kappa shape index (κ1) is 11.2. The Balaban J connectivity index is 2.05. The van der Waals surface area contributed by atoms with Gasteiger partial charge < -0.3 is 0 Å². The molecule has 0 saturated heterocycles. The highest BCUT2D eigenvalue weighted by Crippen LogP contribution is 2.27. The van der Waals surface area contributed by atoms with E-state index in [1.165, 1.54) is 0 Å². The van der Waals surface area contributed by atoms with Gasteiger partial charge in [0, 0.05) is 17.3 Å². The zero-order valence-electron chi connectivity index (χ0n) is 7.48. The van der Waals surface area contributed by atoms with E-state index in [9.17, 15) is 0 Å². The number of nitrogens with zero attached hydrogens (tertiary/aromatic N) is 2. The third-order valence-electron chi connectivity index (χ3n) is 1.65. The lowest BCUT2D eigenvalue weighted by molar-refractivity contribution is 1.22. The Morgan fingerprint density at radius 1 is 1.33 bits per heavy atom. The first-order valence-corrected chi connectivity index (χ1v) is 6.71. The Morgan fingerprint density at radius 3 is 2.87 bits per heavy atom. The van der Waals surface area contributed by atoms with Crippen molar-refractivity contribution in [3.05, 3.63) is 39.6 Å². The molecular formula is C9H6Cl2N2S2. The maximum atomic E-state index is 5.94. The second-order valence-corrected chi connectivity index (χ2v) is 5.53. The predicted octanol–water partition coefficient (Wildman–Crippen LogP) is 4.14. The van der Waals surface area contributed by atoms with Crippen molar-refractivity contribution in [2.75, 3.05) is 0 Å². The number of thioether (sulfide) groups is 1. The molecule has 2 nitrogen and oxygen atoms in total. The lowest BCUT2D eigenvalue weighted by atomic mass is 10.3. The van der Waals surface area contributed by atoms with Crippen LogP contribution in [0.5, 0.6) is 0 Å². The summed E-state index contributed by atoms with van der Waals surface area (Å²) in [5, 5.41) is 2.83. The highest BCUT2D eigenvalue weighted by Gasteiger charge is 2.04. The molecule has 15 heavy (non-hydrogen) atoms. The van der Waals surface area contributed by atoms with Gasteiger partial charge in [-0.15, -0.1) is 11.3 Å². The molecule has 0 radical (unpaired) electrons. The third-order valence-corrected chi connectivity index (χ3v) is 4.21. The fourth-order valence-electron chi connectivity index (χ4n) is 0.970. The van der Waals surface area contributed by atoms with Crippen molar-refractivity contribution in [2.24, 2.45) is 0 Å². The van der Waals surface area contributed by atoms with Crippen LogP contribution in [-0.2, 0) is 5.75 Å². The molecule has 0 saturated carbocycles. The van der Waals surface area contributed by atoms with Gasteiger partial charge in [0.2, 0.25) is 0 Å². The lowest BCUT2D eigenvalue weighted by Gasteiger charge is -2.01. The highest BCUT2D eigenvalue weighted by atomic mass is 35.5. The van der Waals surface area contributed by atoms with Gasteiger partial charge in [-0.3, -0.25) is 0 Å². The van der Waals surface area contributed by atoms with Crippen molar-refractivity contribution in [3.63, 3.8) is 0 Å². The average Bonchev–Trinajstić information content (AvgIpc) is 2.69. The van der Waals surface area contributed by atoms with E-state index in [1.807, 2.05) is 11.4 Å². The maximum Gasteiger partial charge on any atom is 0.150 e. The SMILES string of the molecule is Clc1ccc(CSc2nccs2)c(Cl)n1. The van der Waals surface area contributed by atoms with Crippen LogP contribution in [0.3, 0.4) is 0 Å². The number of pyridine rings is 1. The van der Waals surface area contributed by atoms with Crippen LogP contribution in [-0.4, -0.2) is 9.97 Å². The molecule has 0 N–H and O–H groups in total. The molecule has 6 heteroatoms. The van der Waals surface area contributed by atoms with Gasteiger partial charge in [-0.25, -0.2) is 9.97 Å². The zero-order valence-corrected chi connectivity index (χ0v) is 10.6. The van der Waals surface area contributed by atoms with E-state index in [2.05, 4.69) is 9.97 Å². The number of aromatic nitrogens is 2. The molecule has 0 atom stereocenters. The molecule has 0 spiro atoms. The van der Waals surface area contributed by atoms with Crippen molar-refractivity contribution >= 4 is 46.3 Å². The van der Waals surface area contributed by atoms with Gasteiger partial charge in [-0.1, -0.05) is 41.0 Å². The van der Waals surface area contributed by atoms with E-state index in [0.717, 1.165) is 15.7 Å². The molecule has 0 aromatic carbocycles. The van der Waals surface area contributed by atoms with Crippen LogP contribution in [0.1, 0.15) is 5.56 Å². The van der Waals surface area contributed by atoms with Crippen LogP contribution in [0.4, 0.5) is 0 Å². The molecule has 0 fully saturated rings. The lowest BCUT2D eigenvalue weighted by Crippen LogP contribution is -1.86. The minimum absolute atomic E-state index is 0.419. The van der Waals surface area contributed by atoms with Crippen molar-refractivity contribution in [1.82, 2.24) is 9.97 Å². The molecule has 0 bridgehead atoms. The minimum atomic E-state index is 0.419. The number of hydrogen-bond donors (Lipinski definition) is 0. The average molecular weight is 277 g/mol. The molecule has 2 aromatic heterocycles. The predicted molar refractivity (Wildman–Crippen MR) is 65.9 cm³/mol. The summed E-state index contributed by atoms with van der Waals surface area (Å²) in [5.74, 6) is 0.760. The Kier molecular flexibility index (Phi) is 3.86. The molecular weight excluding hydrogens is 271 g/mol. The Hall–Kier alpha value is -0.290. The van der Waals surface area contributed by atoms with E-state index in [-0.39, 0.29) is 0 Å². The molecule has 2 rings (SSSR count). The van der Waals surface area contributed by atoms with Crippen molar-refractivity contribution in [2.45, 2.75) is 10.1 Å². The highest BCUT2D eigenvalue weighted by molar-refractivity contribution is 8.00. The first-order chi connectivity index (χ1) is 7.25. The number of thiazole rings is 1. The number of rotatable bonds is 3. The molecule has 0 amide bonds. The molecule has 0 unspecified atom stereocenters. The summed E-state index contributed by atoms with van der Waals surface area (Å²) in [4.78, 5) is 8.14. The summed E-state index contributed by atoms with van der Waals surface area (Å²) in [6, 6.07) is 3.63. The summed E-state index contributed by atoms with van der Waals surface area (Å²) in [6.07, 6.45) is 1.79. The topological polar surface area (TPSA) is 25.8 Å². The van der Waals surface area contributed by atoms with E-state index >= 15 is 0 Å². The fraction of sp³-hybridized carbons (Fsp3) is 0.111. The number of hydrogen-bond acceptors (Lipinski definition) is 4. The summed E-state index contributed by atoms with van der Waals surface area (Å²) in [7, 11) is 0. The van der Waals surface area contributed by atoms with E-state index in [4.69, 9.17) is 23.2 Å². The van der Waals surface area contributed by atoms with Crippen LogP contribution in [0.15, 0.2) is 28.0 Å². The second kappa shape index (κ2) is 5.16. The monoisotopic (exact) mass is 276 g/mol. The van der Waals surface area contributed by atoms with Gasteiger partial charge in [-0.05, 0) is 11.6 Å². The van der Waals surface area contributed by atoms with E-state index < -0.39 is 0 Å². The summed E-state index contributed by atoms with van der Waals surface area (Å²) < 4.78 is 1.03. The van der Waals surface area contributed by atoms with Crippen LogP contribution in [0, 0.1) is 0 Å². The summed E-state index contributed by atoms with van der Waals surface area (Å²) >= 11 is 14.9. The van der Waals surface area contributed by atoms with E-state index in [1.54, 1.807) is 35.4 Å². The van der Waals surface area contributed by atoms with Crippen molar-refractivity contribution in [1.29, 1.82) is 0 Å². The van der Waals surface area contributed by atoms with Gasteiger partial charge in [-0.2, -0.15) is 0 Å². The Morgan fingerprint density at radius 2 is 2.20 bits per heavy atom. The molecule has 2 heterocycles. The van der Waals surface area contributed by atoms with Crippen LogP contribution in [0.2, 0.25) is 10.3 Å². The Bertz CT molecular complexity index is 445. The molecule has 78 valence electrons. The van der Waals surface area contributed by atoms with Crippen LogP contribution < -0.4 is 0 Å². The molecule has 0 aliphatic carbocycles. The minimum Gasteiger partial charge on any atom is -0.238 e. The van der Waals surface area contributed by atoms with Gasteiger partial charge in [0.25, 0.3) is 0 Å². The largest absolute Gasteiger partial charge is 0.238 e. The van der Waals surface area contributed by atoms with Crippen LogP contribution >= 0.6 is 46.3 Å². The first-order valence-electron chi connectivity index (χ1n) is 4.09. The molecule has 0 aliphatic heterocycles. The quantitative estimate of drug-likeness (QED) is 0.623. The summed E-state index contributed by atoms with van der Waals surface area (Å²) in [5.41, 5.74) is 0.973. The molecule has 0 aliphatic rings. The van der Waals surface area contributed by atoms with Gasteiger partial charge in [0.1, 0.15) is 14.6 Å².